The molecule has 2 rings (SSSR count). The molecule has 1 heterocycles. The fourth-order valence-corrected chi connectivity index (χ4v) is 1.94. The summed E-state index contributed by atoms with van der Waals surface area (Å²) >= 11 is 5.82. The number of benzene rings is 1. The van der Waals surface area contributed by atoms with Gasteiger partial charge in [-0.2, -0.15) is 0 Å². The van der Waals surface area contributed by atoms with E-state index in [1.165, 1.54) is 5.56 Å². The van der Waals surface area contributed by atoms with Crippen molar-refractivity contribution in [2.45, 2.75) is 6.42 Å². The predicted molar refractivity (Wildman–Crippen MR) is 74.4 cm³/mol. The number of pyridine rings is 1. The third-order valence-corrected chi connectivity index (χ3v) is 2.85. The standard InChI is InChI=1S/C14H15ClN2O/c1-18-13-5-3-2-4-11(13)6-8-16-12-7-9-17-14(15)10-12/h2-5,7,9-10H,6,8H2,1H3,(H,16,17). The smallest absolute Gasteiger partial charge is 0.131 e. The number of hydrogen-bond donors (Lipinski definition) is 1. The molecule has 1 N–H and O–H groups in total. The van der Waals surface area contributed by atoms with Crippen LogP contribution in [0.4, 0.5) is 5.69 Å². The van der Waals surface area contributed by atoms with E-state index in [0.29, 0.717) is 5.15 Å². The molecule has 4 heteroatoms. The minimum absolute atomic E-state index is 0.497. The summed E-state index contributed by atoms with van der Waals surface area (Å²) in [6.45, 7) is 0.820. The van der Waals surface area contributed by atoms with Crippen LogP contribution in [0.3, 0.4) is 0 Å². The van der Waals surface area contributed by atoms with Gasteiger partial charge in [0.25, 0.3) is 0 Å². The molecule has 0 aliphatic heterocycles. The summed E-state index contributed by atoms with van der Waals surface area (Å²) in [4.78, 5) is 3.94. The quantitative estimate of drug-likeness (QED) is 0.839. The van der Waals surface area contributed by atoms with Crippen molar-refractivity contribution < 1.29 is 4.74 Å². The Morgan fingerprint density at radius 2 is 2.11 bits per heavy atom. The van der Waals surface area contributed by atoms with Crippen molar-refractivity contribution in [3.05, 3.63) is 53.3 Å². The van der Waals surface area contributed by atoms with Gasteiger partial charge >= 0.3 is 0 Å². The fourth-order valence-electron chi connectivity index (χ4n) is 1.76. The average molecular weight is 263 g/mol. The Bertz CT molecular complexity index is 517. The van der Waals surface area contributed by atoms with E-state index in [0.717, 1.165) is 24.4 Å². The van der Waals surface area contributed by atoms with Crippen LogP contribution in [-0.2, 0) is 6.42 Å². The Morgan fingerprint density at radius 3 is 2.89 bits per heavy atom. The molecule has 0 aliphatic carbocycles. The van der Waals surface area contributed by atoms with Crippen molar-refractivity contribution in [2.75, 3.05) is 19.0 Å². The number of aromatic nitrogens is 1. The van der Waals surface area contributed by atoms with Gasteiger partial charge in [0.1, 0.15) is 10.9 Å². The van der Waals surface area contributed by atoms with Gasteiger partial charge in [0.05, 0.1) is 7.11 Å². The summed E-state index contributed by atoms with van der Waals surface area (Å²) in [5.74, 6) is 0.923. The molecule has 3 nitrogen and oxygen atoms in total. The van der Waals surface area contributed by atoms with Crippen molar-refractivity contribution in [3.63, 3.8) is 0 Å². The van der Waals surface area contributed by atoms with Crippen molar-refractivity contribution in [1.29, 1.82) is 0 Å². The number of hydrogen-bond acceptors (Lipinski definition) is 3. The molecule has 0 atom stereocenters. The maximum atomic E-state index is 5.82. The zero-order valence-corrected chi connectivity index (χ0v) is 10.9. The van der Waals surface area contributed by atoms with Crippen LogP contribution < -0.4 is 10.1 Å². The van der Waals surface area contributed by atoms with E-state index in [2.05, 4.69) is 16.4 Å². The predicted octanol–water partition coefficient (Wildman–Crippen LogP) is 3.40. The van der Waals surface area contributed by atoms with Gasteiger partial charge in [-0.25, -0.2) is 4.98 Å². The van der Waals surface area contributed by atoms with Gasteiger partial charge in [-0.3, -0.25) is 0 Å². The van der Waals surface area contributed by atoms with Crippen molar-refractivity contribution in [2.24, 2.45) is 0 Å². The molecule has 0 amide bonds. The van der Waals surface area contributed by atoms with Crippen LogP contribution in [0, 0.1) is 0 Å². The Labute approximate surface area is 112 Å². The highest BCUT2D eigenvalue weighted by molar-refractivity contribution is 6.29. The summed E-state index contributed by atoms with van der Waals surface area (Å²) in [5, 5.41) is 3.80. The number of nitrogens with one attached hydrogen (secondary N) is 1. The summed E-state index contributed by atoms with van der Waals surface area (Å²) in [7, 11) is 1.69. The SMILES string of the molecule is COc1ccccc1CCNc1ccnc(Cl)c1. The zero-order chi connectivity index (χ0) is 12.8. The first-order valence-corrected chi connectivity index (χ1v) is 6.14. The third-order valence-electron chi connectivity index (χ3n) is 2.64. The Hall–Kier alpha value is -1.74. The van der Waals surface area contributed by atoms with Gasteiger partial charge < -0.3 is 10.1 Å². The van der Waals surface area contributed by atoms with E-state index in [1.807, 2.05) is 30.3 Å². The molecule has 0 spiro atoms. The van der Waals surface area contributed by atoms with Crippen LogP contribution in [0.1, 0.15) is 5.56 Å². The number of para-hydroxylation sites is 1. The van der Waals surface area contributed by atoms with E-state index in [1.54, 1.807) is 13.3 Å². The van der Waals surface area contributed by atoms with E-state index < -0.39 is 0 Å². The van der Waals surface area contributed by atoms with Crippen LogP contribution in [0.5, 0.6) is 5.75 Å². The molecule has 0 radical (unpaired) electrons. The van der Waals surface area contributed by atoms with Crippen LogP contribution in [0.25, 0.3) is 0 Å². The van der Waals surface area contributed by atoms with E-state index in [4.69, 9.17) is 16.3 Å². The van der Waals surface area contributed by atoms with Crippen molar-refractivity contribution >= 4 is 17.3 Å². The Balaban J connectivity index is 1.92. The minimum Gasteiger partial charge on any atom is -0.496 e. The Kier molecular flexibility index (Phi) is 4.42. The first kappa shape index (κ1) is 12.7. The summed E-state index contributed by atoms with van der Waals surface area (Å²) in [6.07, 6.45) is 2.58. The highest BCUT2D eigenvalue weighted by Gasteiger charge is 2.01. The Morgan fingerprint density at radius 1 is 1.28 bits per heavy atom. The first-order chi connectivity index (χ1) is 8.79. The third kappa shape index (κ3) is 3.37. The van der Waals surface area contributed by atoms with Crippen LogP contribution in [0.2, 0.25) is 5.15 Å². The topological polar surface area (TPSA) is 34.1 Å². The van der Waals surface area contributed by atoms with Gasteiger partial charge in [-0.05, 0) is 30.2 Å². The van der Waals surface area contributed by atoms with Gasteiger partial charge in [0.2, 0.25) is 0 Å². The molecule has 0 unspecified atom stereocenters. The molecule has 94 valence electrons. The molecule has 0 bridgehead atoms. The molecule has 0 saturated heterocycles. The maximum Gasteiger partial charge on any atom is 0.131 e. The number of nitrogens with zero attached hydrogens (tertiary/aromatic N) is 1. The van der Waals surface area contributed by atoms with Gasteiger partial charge in [0.15, 0.2) is 0 Å². The fraction of sp³-hybridized carbons (Fsp3) is 0.214. The molecular weight excluding hydrogens is 248 g/mol. The molecular formula is C14H15ClN2O. The second-order valence-corrected chi connectivity index (χ2v) is 4.24. The highest BCUT2D eigenvalue weighted by atomic mass is 35.5. The number of halogens is 1. The largest absolute Gasteiger partial charge is 0.496 e. The highest BCUT2D eigenvalue weighted by Crippen LogP contribution is 2.18. The molecule has 0 aliphatic rings. The minimum atomic E-state index is 0.497. The van der Waals surface area contributed by atoms with E-state index in [9.17, 15) is 0 Å². The molecule has 0 saturated carbocycles. The number of methoxy groups -OCH3 is 1. The second kappa shape index (κ2) is 6.26. The second-order valence-electron chi connectivity index (χ2n) is 3.86. The number of rotatable bonds is 5. The maximum absolute atomic E-state index is 5.82. The van der Waals surface area contributed by atoms with Crippen LogP contribution >= 0.6 is 11.6 Å². The molecule has 0 fully saturated rings. The van der Waals surface area contributed by atoms with E-state index in [-0.39, 0.29) is 0 Å². The molecule has 18 heavy (non-hydrogen) atoms. The number of ether oxygens (including phenoxy) is 1. The van der Waals surface area contributed by atoms with Crippen LogP contribution in [-0.4, -0.2) is 18.6 Å². The van der Waals surface area contributed by atoms with Crippen molar-refractivity contribution in [3.8, 4) is 5.75 Å². The van der Waals surface area contributed by atoms with Gasteiger partial charge in [-0.1, -0.05) is 29.8 Å². The average Bonchev–Trinajstić information content (AvgIpc) is 2.39. The lowest BCUT2D eigenvalue weighted by Gasteiger charge is -2.09. The summed E-state index contributed by atoms with van der Waals surface area (Å²) in [6, 6.07) is 11.7. The lowest BCUT2D eigenvalue weighted by molar-refractivity contribution is 0.410. The first-order valence-electron chi connectivity index (χ1n) is 5.77. The lowest BCUT2D eigenvalue weighted by Crippen LogP contribution is -2.05. The zero-order valence-electron chi connectivity index (χ0n) is 10.2. The van der Waals surface area contributed by atoms with Gasteiger partial charge in [0, 0.05) is 18.4 Å². The van der Waals surface area contributed by atoms with E-state index >= 15 is 0 Å². The summed E-state index contributed by atoms with van der Waals surface area (Å²) < 4.78 is 5.31. The summed E-state index contributed by atoms with van der Waals surface area (Å²) in [5.41, 5.74) is 2.16. The molecule has 1 aromatic heterocycles. The molecule has 1 aromatic carbocycles. The van der Waals surface area contributed by atoms with Crippen LogP contribution in [0.15, 0.2) is 42.6 Å². The monoisotopic (exact) mass is 262 g/mol. The van der Waals surface area contributed by atoms with Gasteiger partial charge in [-0.15, -0.1) is 0 Å². The lowest BCUT2D eigenvalue weighted by atomic mass is 10.1. The normalized spacial score (nSPS) is 10.1. The molecule has 2 aromatic rings. The van der Waals surface area contributed by atoms with Crippen molar-refractivity contribution in [1.82, 2.24) is 4.98 Å². The number of anilines is 1.